The lowest BCUT2D eigenvalue weighted by Gasteiger charge is -2.18. The van der Waals surface area contributed by atoms with Gasteiger partial charge in [-0.3, -0.25) is 15.0 Å². The summed E-state index contributed by atoms with van der Waals surface area (Å²) in [6.45, 7) is 1.08. The summed E-state index contributed by atoms with van der Waals surface area (Å²) < 4.78 is 13.1. The molecule has 0 aliphatic carbocycles. The maximum absolute atomic E-state index is 13.1. The molecule has 6 nitrogen and oxygen atoms in total. The molecule has 2 aromatic carbocycles. The number of carbonyl (C=O) groups excluding carboxylic acids is 2. The first-order valence-electron chi connectivity index (χ1n) is 8.60. The third kappa shape index (κ3) is 5.03. The molecule has 2 unspecified atom stereocenters. The van der Waals surface area contributed by atoms with Crippen LogP contribution in [0.25, 0.3) is 0 Å². The molecule has 27 heavy (non-hydrogen) atoms. The summed E-state index contributed by atoms with van der Waals surface area (Å²) in [4.78, 5) is 24.5. The summed E-state index contributed by atoms with van der Waals surface area (Å²) >= 11 is 5.80. The van der Waals surface area contributed by atoms with Crippen molar-refractivity contribution in [3.05, 3.63) is 70.5 Å². The highest BCUT2D eigenvalue weighted by Crippen LogP contribution is 2.25. The Morgan fingerprint density at radius 1 is 1.04 bits per heavy atom. The molecule has 0 saturated carbocycles. The molecule has 1 heterocycles. The second-order valence-corrected chi connectivity index (χ2v) is 6.65. The van der Waals surface area contributed by atoms with Crippen molar-refractivity contribution in [2.75, 3.05) is 19.6 Å². The Morgan fingerprint density at radius 2 is 1.70 bits per heavy atom. The Balaban J connectivity index is 1.46. The quantitative estimate of drug-likeness (QED) is 0.567. The molecule has 1 saturated heterocycles. The Labute approximate surface area is 161 Å². The van der Waals surface area contributed by atoms with Crippen LogP contribution in [0.15, 0.2) is 48.5 Å². The van der Waals surface area contributed by atoms with E-state index in [2.05, 4.69) is 21.5 Å². The summed E-state index contributed by atoms with van der Waals surface area (Å²) in [5.41, 5.74) is 7.35. The number of benzene rings is 2. The Kier molecular flexibility index (Phi) is 6.39. The topological polar surface area (TPSA) is 82.3 Å². The van der Waals surface area contributed by atoms with E-state index in [1.54, 1.807) is 36.4 Å². The molecule has 2 aromatic rings. The van der Waals surface area contributed by atoms with Crippen molar-refractivity contribution in [2.24, 2.45) is 5.92 Å². The Morgan fingerprint density at radius 3 is 2.41 bits per heavy atom. The average molecular weight is 391 g/mol. The van der Waals surface area contributed by atoms with E-state index < -0.39 is 0 Å². The first-order chi connectivity index (χ1) is 13.0. The van der Waals surface area contributed by atoms with Crippen molar-refractivity contribution >= 4 is 23.4 Å². The summed E-state index contributed by atoms with van der Waals surface area (Å²) in [5, 5.41) is 6.13. The molecule has 2 atom stereocenters. The summed E-state index contributed by atoms with van der Waals surface area (Å²) in [7, 11) is 0. The van der Waals surface area contributed by atoms with E-state index in [9.17, 15) is 14.0 Å². The Bertz CT molecular complexity index is 798. The number of hydrogen-bond donors (Lipinski definition) is 4. The van der Waals surface area contributed by atoms with E-state index in [1.807, 2.05) is 0 Å². The molecule has 1 aliphatic rings. The average Bonchev–Trinajstić information content (AvgIpc) is 3.16. The zero-order valence-electron chi connectivity index (χ0n) is 14.5. The number of rotatable bonds is 6. The second kappa shape index (κ2) is 8.94. The van der Waals surface area contributed by atoms with Crippen LogP contribution < -0.4 is 21.5 Å². The molecular formula is C19H20ClFN4O2. The molecule has 4 N–H and O–H groups in total. The molecule has 142 valence electrons. The van der Waals surface area contributed by atoms with Gasteiger partial charge in [0.2, 0.25) is 5.91 Å². The lowest BCUT2D eigenvalue weighted by molar-refractivity contribution is -0.124. The van der Waals surface area contributed by atoms with Crippen LogP contribution in [-0.4, -0.2) is 31.4 Å². The third-order valence-electron chi connectivity index (χ3n) is 4.36. The van der Waals surface area contributed by atoms with Crippen LogP contribution in [0, 0.1) is 11.7 Å². The first-order valence-corrected chi connectivity index (χ1v) is 8.98. The molecule has 3 rings (SSSR count). The monoisotopic (exact) mass is 390 g/mol. The van der Waals surface area contributed by atoms with Gasteiger partial charge in [0.15, 0.2) is 0 Å². The van der Waals surface area contributed by atoms with Crippen molar-refractivity contribution < 1.29 is 14.0 Å². The van der Waals surface area contributed by atoms with Gasteiger partial charge in [0.05, 0.1) is 12.0 Å². The fourth-order valence-corrected chi connectivity index (χ4v) is 3.05. The normalized spacial score (nSPS) is 18.9. The van der Waals surface area contributed by atoms with E-state index in [0.29, 0.717) is 30.2 Å². The minimum absolute atomic E-state index is 0.137. The van der Waals surface area contributed by atoms with Crippen molar-refractivity contribution in [3.63, 3.8) is 0 Å². The fraction of sp³-hybridized carbons (Fsp3) is 0.263. The maximum Gasteiger partial charge on any atom is 0.251 e. The molecule has 8 heteroatoms. The summed E-state index contributed by atoms with van der Waals surface area (Å²) in [5.74, 6) is -1.01. The van der Waals surface area contributed by atoms with Gasteiger partial charge in [-0.05, 0) is 42.0 Å². The van der Waals surface area contributed by atoms with Gasteiger partial charge in [-0.25, -0.2) is 9.82 Å². The van der Waals surface area contributed by atoms with Gasteiger partial charge in [-0.2, -0.15) is 0 Å². The molecule has 1 fully saturated rings. The van der Waals surface area contributed by atoms with Gasteiger partial charge in [-0.15, -0.1) is 0 Å². The fourth-order valence-electron chi connectivity index (χ4n) is 2.92. The molecular weight excluding hydrogens is 371 g/mol. The van der Waals surface area contributed by atoms with E-state index in [1.165, 1.54) is 12.1 Å². The largest absolute Gasteiger partial charge is 0.354 e. The first kappa shape index (κ1) is 19.3. The minimum Gasteiger partial charge on any atom is -0.354 e. The van der Waals surface area contributed by atoms with Crippen LogP contribution in [0.4, 0.5) is 4.39 Å². The zero-order chi connectivity index (χ0) is 19.2. The van der Waals surface area contributed by atoms with Crippen molar-refractivity contribution in [3.8, 4) is 0 Å². The van der Waals surface area contributed by atoms with E-state index >= 15 is 0 Å². The minimum atomic E-state index is -0.331. The molecule has 0 bridgehead atoms. The van der Waals surface area contributed by atoms with E-state index in [-0.39, 0.29) is 29.6 Å². The number of carbonyl (C=O) groups is 2. The maximum atomic E-state index is 13.1. The predicted molar refractivity (Wildman–Crippen MR) is 101 cm³/mol. The number of nitrogens with one attached hydrogen (secondary N) is 4. The molecule has 1 aliphatic heterocycles. The smallest absolute Gasteiger partial charge is 0.251 e. The third-order valence-corrected chi connectivity index (χ3v) is 4.62. The van der Waals surface area contributed by atoms with Crippen LogP contribution in [0.3, 0.4) is 0 Å². The van der Waals surface area contributed by atoms with Gasteiger partial charge >= 0.3 is 0 Å². The highest BCUT2D eigenvalue weighted by atomic mass is 35.5. The highest BCUT2D eigenvalue weighted by Gasteiger charge is 2.33. The number of halogens is 2. The molecule has 0 aromatic heterocycles. The van der Waals surface area contributed by atoms with Crippen molar-refractivity contribution in [2.45, 2.75) is 6.04 Å². The molecule has 0 spiro atoms. The van der Waals surface area contributed by atoms with Gasteiger partial charge in [0.1, 0.15) is 5.82 Å². The van der Waals surface area contributed by atoms with Crippen LogP contribution >= 0.6 is 11.6 Å². The van der Waals surface area contributed by atoms with E-state index in [0.717, 1.165) is 5.56 Å². The lowest BCUT2D eigenvalue weighted by atomic mass is 9.94. The Hall–Kier alpha value is -2.48. The lowest BCUT2D eigenvalue weighted by Crippen LogP contribution is -2.39. The van der Waals surface area contributed by atoms with Crippen molar-refractivity contribution in [1.29, 1.82) is 0 Å². The van der Waals surface area contributed by atoms with Crippen LogP contribution in [0.2, 0.25) is 5.02 Å². The zero-order valence-corrected chi connectivity index (χ0v) is 15.2. The van der Waals surface area contributed by atoms with Gasteiger partial charge < -0.3 is 10.6 Å². The van der Waals surface area contributed by atoms with E-state index in [4.69, 9.17) is 11.6 Å². The number of amides is 2. The molecule has 2 amide bonds. The van der Waals surface area contributed by atoms with Crippen LogP contribution in [0.5, 0.6) is 0 Å². The van der Waals surface area contributed by atoms with Gasteiger partial charge in [-0.1, -0.05) is 23.7 Å². The summed E-state index contributed by atoms with van der Waals surface area (Å²) in [6, 6.07) is 12.4. The van der Waals surface area contributed by atoms with Crippen LogP contribution in [-0.2, 0) is 4.79 Å². The molecule has 0 radical (unpaired) electrons. The van der Waals surface area contributed by atoms with Gasteiger partial charge in [0.25, 0.3) is 5.91 Å². The van der Waals surface area contributed by atoms with Gasteiger partial charge in [0, 0.05) is 30.2 Å². The van der Waals surface area contributed by atoms with Crippen LogP contribution in [0.1, 0.15) is 22.0 Å². The number of hydrogen-bond acceptors (Lipinski definition) is 4. The SMILES string of the molecule is O=C(NCCNC(=O)C1CNNC1c1ccc(F)cc1)c1ccc(Cl)cc1. The standard InChI is InChI=1S/C19H20ClFN4O2/c20-14-5-1-13(2-6-14)18(26)22-9-10-23-19(27)16-11-24-25-17(16)12-3-7-15(21)8-4-12/h1-8,16-17,24-25H,9-11H2,(H,22,26)(H,23,27). The highest BCUT2D eigenvalue weighted by molar-refractivity contribution is 6.30. The summed E-state index contributed by atoms with van der Waals surface area (Å²) in [6.07, 6.45) is 0. The predicted octanol–water partition coefficient (Wildman–Crippen LogP) is 1.79. The number of hydrazine groups is 1. The van der Waals surface area contributed by atoms with Crippen molar-refractivity contribution in [1.82, 2.24) is 21.5 Å². The second-order valence-electron chi connectivity index (χ2n) is 6.21.